The van der Waals surface area contributed by atoms with Gasteiger partial charge in [-0.2, -0.15) is 0 Å². The number of anilines is 2. The van der Waals surface area contributed by atoms with Crippen LogP contribution in [-0.2, 0) is 10.0 Å². The van der Waals surface area contributed by atoms with E-state index < -0.39 is 31.4 Å². The molecule has 2 N–H and O–H groups in total. The number of hydrogen-bond donors (Lipinski definition) is 2. The van der Waals surface area contributed by atoms with Crippen molar-refractivity contribution < 1.29 is 27.6 Å². The van der Waals surface area contributed by atoms with Gasteiger partial charge in [0.05, 0.1) is 30.5 Å². The second-order valence-electron chi connectivity index (χ2n) is 6.40. The van der Waals surface area contributed by atoms with E-state index >= 15 is 0 Å². The van der Waals surface area contributed by atoms with Crippen LogP contribution >= 0.6 is 0 Å². The van der Waals surface area contributed by atoms with Crippen molar-refractivity contribution in [3.63, 3.8) is 0 Å². The molecule has 0 aliphatic heterocycles. The standard InChI is InChI=1S/C21H19N3O7S/c1-30-18-13-16(23-32(28,29)20-11-7-6-10-17(20)24(26)27)19(31-2)12-15(18)22-21(25)14-8-4-3-5-9-14/h3-13,23H,1-2H3,(H,22,25). The van der Waals surface area contributed by atoms with Crippen molar-refractivity contribution >= 4 is 33.0 Å². The summed E-state index contributed by atoms with van der Waals surface area (Å²) in [4.78, 5) is 22.4. The van der Waals surface area contributed by atoms with Gasteiger partial charge in [-0.1, -0.05) is 30.3 Å². The number of amides is 1. The summed E-state index contributed by atoms with van der Waals surface area (Å²) in [6.45, 7) is 0. The van der Waals surface area contributed by atoms with Gasteiger partial charge in [-0.25, -0.2) is 8.42 Å². The number of sulfonamides is 1. The lowest BCUT2D eigenvalue weighted by atomic mass is 10.2. The molecule has 32 heavy (non-hydrogen) atoms. The molecule has 10 nitrogen and oxygen atoms in total. The van der Waals surface area contributed by atoms with Crippen molar-refractivity contribution in [2.75, 3.05) is 24.3 Å². The highest BCUT2D eigenvalue weighted by molar-refractivity contribution is 7.92. The third kappa shape index (κ3) is 4.78. The molecule has 0 aliphatic rings. The molecule has 0 saturated carbocycles. The van der Waals surface area contributed by atoms with Crippen LogP contribution in [0.2, 0.25) is 0 Å². The van der Waals surface area contributed by atoms with Gasteiger partial charge in [0.15, 0.2) is 4.90 Å². The molecule has 0 atom stereocenters. The average molecular weight is 457 g/mol. The van der Waals surface area contributed by atoms with E-state index in [1.54, 1.807) is 30.3 Å². The van der Waals surface area contributed by atoms with Gasteiger partial charge in [-0.15, -0.1) is 0 Å². The first-order valence-electron chi connectivity index (χ1n) is 9.15. The van der Waals surface area contributed by atoms with Crippen LogP contribution in [0.15, 0.2) is 71.6 Å². The maximum absolute atomic E-state index is 12.9. The number of nitro benzene ring substituents is 1. The van der Waals surface area contributed by atoms with Crippen LogP contribution in [0.5, 0.6) is 11.5 Å². The number of hydrogen-bond acceptors (Lipinski definition) is 7. The Bertz CT molecular complexity index is 1260. The van der Waals surface area contributed by atoms with Crippen LogP contribution in [0.25, 0.3) is 0 Å². The molecule has 1 amide bonds. The lowest BCUT2D eigenvalue weighted by Crippen LogP contribution is -2.16. The Hall–Kier alpha value is -4.12. The van der Waals surface area contributed by atoms with E-state index in [1.165, 1.54) is 38.5 Å². The topological polar surface area (TPSA) is 137 Å². The molecular weight excluding hydrogens is 438 g/mol. The van der Waals surface area contributed by atoms with Crippen molar-refractivity contribution in [3.8, 4) is 11.5 Å². The summed E-state index contributed by atoms with van der Waals surface area (Å²) < 4.78 is 38.6. The Labute approximate surface area is 184 Å². The molecule has 0 heterocycles. The second kappa shape index (κ2) is 9.35. The van der Waals surface area contributed by atoms with Gasteiger partial charge < -0.3 is 14.8 Å². The predicted octanol–water partition coefficient (Wildman–Crippen LogP) is 3.67. The number of rotatable bonds is 8. The summed E-state index contributed by atoms with van der Waals surface area (Å²) in [7, 11) is -1.68. The fraction of sp³-hybridized carbons (Fsp3) is 0.0952. The van der Waals surface area contributed by atoms with Gasteiger partial charge in [-0.3, -0.25) is 19.6 Å². The van der Waals surface area contributed by atoms with Gasteiger partial charge >= 0.3 is 0 Å². The smallest absolute Gasteiger partial charge is 0.289 e. The lowest BCUT2D eigenvalue weighted by Gasteiger charge is -2.17. The molecular formula is C21H19N3O7S. The second-order valence-corrected chi connectivity index (χ2v) is 8.05. The van der Waals surface area contributed by atoms with E-state index in [1.807, 2.05) is 0 Å². The fourth-order valence-corrected chi connectivity index (χ4v) is 4.13. The summed E-state index contributed by atoms with van der Waals surface area (Å²) in [6, 6.07) is 16.1. The Morgan fingerprint density at radius 2 is 1.47 bits per heavy atom. The van der Waals surface area contributed by atoms with E-state index in [-0.39, 0.29) is 22.9 Å². The fourth-order valence-electron chi connectivity index (χ4n) is 2.89. The van der Waals surface area contributed by atoms with Crippen LogP contribution in [0.4, 0.5) is 17.1 Å². The van der Waals surface area contributed by atoms with Gasteiger partial charge in [0.1, 0.15) is 11.5 Å². The van der Waals surface area contributed by atoms with Crippen molar-refractivity contribution in [1.29, 1.82) is 0 Å². The maximum Gasteiger partial charge on any atom is 0.289 e. The average Bonchev–Trinajstić information content (AvgIpc) is 2.80. The number of ether oxygens (including phenoxy) is 2. The lowest BCUT2D eigenvalue weighted by molar-refractivity contribution is -0.387. The number of nitro groups is 1. The summed E-state index contributed by atoms with van der Waals surface area (Å²) in [5, 5.41) is 13.9. The number of methoxy groups -OCH3 is 2. The largest absolute Gasteiger partial charge is 0.494 e. The first-order chi connectivity index (χ1) is 15.3. The highest BCUT2D eigenvalue weighted by Gasteiger charge is 2.27. The highest BCUT2D eigenvalue weighted by atomic mass is 32.2. The third-order valence-corrected chi connectivity index (χ3v) is 5.81. The normalized spacial score (nSPS) is 10.8. The number of benzene rings is 3. The van der Waals surface area contributed by atoms with Crippen molar-refractivity contribution in [1.82, 2.24) is 0 Å². The quantitative estimate of drug-likeness (QED) is 0.389. The third-order valence-electron chi connectivity index (χ3n) is 4.40. The van der Waals surface area contributed by atoms with Crippen molar-refractivity contribution in [3.05, 3.63) is 82.4 Å². The molecule has 166 valence electrons. The number of carbonyl (C=O) groups excluding carboxylic acids is 1. The number of carbonyl (C=O) groups is 1. The maximum atomic E-state index is 12.9. The molecule has 11 heteroatoms. The summed E-state index contributed by atoms with van der Waals surface area (Å²) in [5.41, 5.74) is 0.0550. The first kappa shape index (κ1) is 22.6. The number of para-hydroxylation sites is 1. The van der Waals surface area contributed by atoms with Gasteiger partial charge in [0.25, 0.3) is 21.6 Å². The Balaban J connectivity index is 1.98. The van der Waals surface area contributed by atoms with Gasteiger partial charge in [0.2, 0.25) is 0 Å². The summed E-state index contributed by atoms with van der Waals surface area (Å²) in [6.07, 6.45) is 0. The Morgan fingerprint density at radius 1 is 0.906 bits per heavy atom. The van der Waals surface area contributed by atoms with Crippen LogP contribution in [0, 0.1) is 10.1 Å². The van der Waals surface area contributed by atoms with Crippen LogP contribution in [-0.4, -0.2) is 33.5 Å². The zero-order valence-corrected chi connectivity index (χ0v) is 17.9. The van der Waals surface area contributed by atoms with Crippen molar-refractivity contribution in [2.45, 2.75) is 4.90 Å². The predicted molar refractivity (Wildman–Crippen MR) is 118 cm³/mol. The van der Waals surface area contributed by atoms with E-state index in [0.29, 0.717) is 5.56 Å². The molecule has 3 aromatic carbocycles. The minimum Gasteiger partial charge on any atom is -0.494 e. The molecule has 0 fully saturated rings. The molecule has 3 aromatic rings. The van der Waals surface area contributed by atoms with Crippen molar-refractivity contribution in [2.24, 2.45) is 0 Å². The molecule has 0 radical (unpaired) electrons. The molecule has 0 aromatic heterocycles. The minimum absolute atomic E-state index is 0.0276. The summed E-state index contributed by atoms with van der Waals surface area (Å²) in [5.74, 6) is -0.189. The molecule has 3 rings (SSSR count). The van der Waals surface area contributed by atoms with Gasteiger partial charge in [0, 0.05) is 23.8 Å². The van der Waals surface area contributed by atoms with Gasteiger partial charge in [-0.05, 0) is 18.2 Å². The molecule has 0 aliphatic carbocycles. The monoisotopic (exact) mass is 457 g/mol. The zero-order chi connectivity index (χ0) is 23.3. The van der Waals surface area contributed by atoms with E-state index in [2.05, 4.69) is 10.0 Å². The molecule has 0 bridgehead atoms. The minimum atomic E-state index is -4.34. The number of nitrogens with one attached hydrogen (secondary N) is 2. The molecule has 0 saturated heterocycles. The molecule has 0 unspecified atom stereocenters. The van der Waals surface area contributed by atoms with E-state index in [0.717, 1.165) is 12.1 Å². The highest BCUT2D eigenvalue weighted by Crippen LogP contribution is 2.38. The molecule has 0 spiro atoms. The number of nitrogens with zero attached hydrogens (tertiary/aromatic N) is 1. The van der Waals surface area contributed by atoms with Crippen LogP contribution in [0.3, 0.4) is 0 Å². The van der Waals surface area contributed by atoms with E-state index in [4.69, 9.17) is 9.47 Å². The Kier molecular flexibility index (Phi) is 6.59. The Morgan fingerprint density at radius 3 is 2.09 bits per heavy atom. The van der Waals surface area contributed by atoms with Crippen LogP contribution < -0.4 is 19.5 Å². The summed E-state index contributed by atoms with van der Waals surface area (Å²) >= 11 is 0. The SMILES string of the molecule is COc1cc(NS(=O)(=O)c2ccccc2[N+](=O)[O-])c(OC)cc1NC(=O)c1ccccc1. The van der Waals surface area contributed by atoms with E-state index in [9.17, 15) is 23.3 Å². The first-order valence-corrected chi connectivity index (χ1v) is 10.6. The van der Waals surface area contributed by atoms with Crippen LogP contribution in [0.1, 0.15) is 10.4 Å². The zero-order valence-electron chi connectivity index (χ0n) is 17.1.